The third-order valence-corrected chi connectivity index (χ3v) is 3.13. The molecule has 0 aliphatic heterocycles. The van der Waals surface area contributed by atoms with Crippen LogP contribution in [0.4, 0.5) is 0 Å². The SMILES string of the molecule is CNC1CC(C)c2c(OC)cccc21. The van der Waals surface area contributed by atoms with Gasteiger partial charge in [0.1, 0.15) is 5.75 Å². The van der Waals surface area contributed by atoms with E-state index in [2.05, 4.69) is 24.4 Å². The van der Waals surface area contributed by atoms with Crippen molar-refractivity contribution in [1.82, 2.24) is 5.32 Å². The number of benzene rings is 1. The average Bonchev–Trinajstić information content (AvgIpc) is 2.55. The first-order valence-corrected chi connectivity index (χ1v) is 5.12. The van der Waals surface area contributed by atoms with Crippen LogP contribution in [-0.4, -0.2) is 14.2 Å². The number of rotatable bonds is 2. The lowest BCUT2D eigenvalue weighted by Crippen LogP contribution is -2.12. The molecule has 0 saturated heterocycles. The highest BCUT2D eigenvalue weighted by atomic mass is 16.5. The average molecular weight is 191 g/mol. The van der Waals surface area contributed by atoms with Crippen LogP contribution in [0.15, 0.2) is 18.2 Å². The molecule has 2 nitrogen and oxygen atoms in total. The van der Waals surface area contributed by atoms with E-state index in [1.54, 1.807) is 7.11 Å². The van der Waals surface area contributed by atoms with Gasteiger partial charge in [-0.05, 0) is 31.0 Å². The number of ether oxygens (including phenoxy) is 1. The summed E-state index contributed by atoms with van der Waals surface area (Å²) in [5, 5.41) is 3.35. The summed E-state index contributed by atoms with van der Waals surface area (Å²) >= 11 is 0. The lowest BCUT2D eigenvalue weighted by molar-refractivity contribution is 0.407. The van der Waals surface area contributed by atoms with Crippen molar-refractivity contribution in [3.8, 4) is 5.75 Å². The van der Waals surface area contributed by atoms with Crippen molar-refractivity contribution >= 4 is 0 Å². The van der Waals surface area contributed by atoms with E-state index >= 15 is 0 Å². The summed E-state index contributed by atoms with van der Waals surface area (Å²) in [6.07, 6.45) is 1.17. The van der Waals surface area contributed by atoms with E-state index in [1.165, 1.54) is 17.5 Å². The van der Waals surface area contributed by atoms with Gasteiger partial charge in [-0.25, -0.2) is 0 Å². The molecule has 0 saturated carbocycles. The molecular weight excluding hydrogens is 174 g/mol. The molecule has 0 radical (unpaired) electrons. The predicted molar refractivity (Wildman–Crippen MR) is 57.8 cm³/mol. The fourth-order valence-corrected chi connectivity index (χ4v) is 2.44. The van der Waals surface area contributed by atoms with Gasteiger partial charge in [0.05, 0.1) is 7.11 Å². The molecule has 2 rings (SSSR count). The first-order valence-electron chi connectivity index (χ1n) is 5.12. The van der Waals surface area contributed by atoms with Gasteiger partial charge in [-0.2, -0.15) is 0 Å². The lowest BCUT2D eigenvalue weighted by atomic mass is 10.0. The second-order valence-corrected chi connectivity index (χ2v) is 3.94. The maximum Gasteiger partial charge on any atom is 0.122 e. The van der Waals surface area contributed by atoms with E-state index in [1.807, 2.05) is 13.1 Å². The summed E-state index contributed by atoms with van der Waals surface area (Å²) in [5.74, 6) is 1.63. The molecule has 0 heterocycles. The third-order valence-electron chi connectivity index (χ3n) is 3.13. The van der Waals surface area contributed by atoms with Crippen molar-refractivity contribution in [3.63, 3.8) is 0 Å². The van der Waals surface area contributed by atoms with Gasteiger partial charge >= 0.3 is 0 Å². The van der Waals surface area contributed by atoms with Gasteiger partial charge in [-0.1, -0.05) is 19.1 Å². The van der Waals surface area contributed by atoms with Crippen LogP contribution >= 0.6 is 0 Å². The van der Waals surface area contributed by atoms with Gasteiger partial charge in [-0.15, -0.1) is 0 Å². The molecule has 1 aliphatic carbocycles. The minimum absolute atomic E-state index is 0.495. The van der Waals surface area contributed by atoms with Gasteiger partial charge in [0.2, 0.25) is 0 Å². The summed E-state index contributed by atoms with van der Waals surface area (Å²) in [7, 11) is 3.76. The molecule has 0 amide bonds. The monoisotopic (exact) mass is 191 g/mol. The Morgan fingerprint density at radius 2 is 2.21 bits per heavy atom. The van der Waals surface area contributed by atoms with Crippen molar-refractivity contribution in [3.05, 3.63) is 29.3 Å². The number of methoxy groups -OCH3 is 1. The van der Waals surface area contributed by atoms with Crippen LogP contribution in [-0.2, 0) is 0 Å². The van der Waals surface area contributed by atoms with Gasteiger partial charge < -0.3 is 10.1 Å². The normalized spacial score (nSPS) is 24.8. The summed E-state index contributed by atoms with van der Waals surface area (Å²) < 4.78 is 5.39. The molecule has 1 N–H and O–H groups in total. The Kier molecular flexibility index (Phi) is 2.46. The fourth-order valence-electron chi connectivity index (χ4n) is 2.44. The number of hydrogen-bond acceptors (Lipinski definition) is 2. The van der Waals surface area contributed by atoms with Gasteiger partial charge in [0, 0.05) is 11.6 Å². The topological polar surface area (TPSA) is 21.3 Å². The van der Waals surface area contributed by atoms with E-state index in [0.717, 1.165) is 5.75 Å². The van der Waals surface area contributed by atoms with Crippen molar-refractivity contribution < 1.29 is 4.74 Å². The lowest BCUT2D eigenvalue weighted by Gasteiger charge is -2.11. The molecule has 14 heavy (non-hydrogen) atoms. The van der Waals surface area contributed by atoms with E-state index in [9.17, 15) is 0 Å². The maximum atomic E-state index is 5.39. The first kappa shape index (κ1) is 9.53. The van der Waals surface area contributed by atoms with Crippen molar-refractivity contribution in [1.29, 1.82) is 0 Å². The zero-order valence-electron chi connectivity index (χ0n) is 9.00. The van der Waals surface area contributed by atoms with Crippen molar-refractivity contribution in [2.75, 3.05) is 14.2 Å². The molecule has 2 atom stereocenters. The molecule has 2 heteroatoms. The molecule has 1 aromatic carbocycles. The van der Waals surface area contributed by atoms with Gasteiger partial charge in [0.25, 0.3) is 0 Å². The Hall–Kier alpha value is -1.02. The highest BCUT2D eigenvalue weighted by Crippen LogP contribution is 2.44. The largest absolute Gasteiger partial charge is 0.496 e. The smallest absolute Gasteiger partial charge is 0.122 e. The van der Waals surface area contributed by atoms with Crippen LogP contribution < -0.4 is 10.1 Å². The number of nitrogens with one attached hydrogen (secondary N) is 1. The van der Waals surface area contributed by atoms with E-state index in [4.69, 9.17) is 4.74 Å². The Morgan fingerprint density at radius 3 is 2.86 bits per heavy atom. The minimum Gasteiger partial charge on any atom is -0.496 e. The Balaban J connectivity index is 2.49. The summed E-state index contributed by atoms with van der Waals surface area (Å²) in [6, 6.07) is 6.81. The van der Waals surface area contributed by atoms with Crippen LogP contribution in [0.1, 0.15) is 36.4 Å². The van der Waals surface area contributed by atoms with Crippen LogP contribution in [0.3, 0.4) is 0 Å². The third kappa shape index (κ3) is 1.30. The predicted octanol–water partition coefficient (Wildman–Crippen LogP) is 2.46. The zero-order valence-corrected chi connectivity index (χ0v) is 9.00. The summed E-state index contributed by atoms with van der Waals surface area (Å²) in [5.41, 5.74) is 2.79. The molecule has 1 aromatic rings. The molecule has 76 valence electrons. The van der Waals surface area contributed by atoms with Crippen molar-refractivity contribution in [2.24, 2.45) is 0 Å². The summed E-state index contributed by atoms with van der Waals surface area (Å²) in [6.45, 7) is 2.26. The highest BCUT2D eigenvalue weighted by molar-refractivity contribution is 5.47. The zero-order chi connectivity index (χ0) is 10.1. The van der Waals surface area contributed by atoms with Crippen LogP contribution in [0, 0.1) is 0 Å². The number of fused-ring (bicyclic) bond motifs is 1. The summed E-state index contributed by atoms with van der Waals surface area (Å²) in [4.78, 5) is 0. The van der Waals surface area contributed by atoms with E-state index in [0.29, 0.717) is 12.0 Å². The molecule has 2 unspecified atom stereocenters. The fraction of sp³-hybridized carbons (Fsp3) is 0.500. The molecule has 0 spiro atoms. The number of hydrogen-bond donors (Lipinski definition) is 1. The molecule has 1 aliphatic rings. The van der Waals surface area contributed by atoms with Gasteiger partial charge in [0.15, 0.2) is 0 Å². The molecular formula is C12H17NO. The molecule has 0 fully saturated rings. The van der Waals surface area contributed by atoms with Crippen LogP contribution in [0.25, 0.3) is 0 Å². The molecule has 0 aromatic heterocycles. The second-order valence-electron chi connectivity index (χ2n) is 3.94. The van der Waals surface area contributed by atoms with Crippen LogP contribution in [0.2, 0.25) is 0 Å². The van der Waals surface area contributed by atoms with Crippen LogP contribution in [0.5, 0.6) is 5.75 Å². The Morgan fingerprint density at radius 1 is 1.43 bits per heavy atom. The maximum absolute atomic E-state index is 5.39. The van der Waals surface area contributed by atoms with E-state index < -0.39 is 0 Å². The highest BCUT2D eigenvalue weighted by Gasteiger charge is 2.29. The Labute approximate surface area is 85.3 Å². The minimum atomic E-state index is 0.495. The van der Waals surface area contributed by atoms with Crippen molar-refractivity contribution in [2.45, 2.75) is 25.3 Å². The van der Waals surface area contributed by atoms with Gasteiger partial charge in [-0.3, -0.25) is 0 Å². The standard InChI is InChI=1S/C12H17NO/c1-8-7-10(13-2)9-5-4-6-11(14-3)12(8)9/h4-6,8,10,13H,7H2,1-3H3. The quantitative estimate of drug-likeness (QED) is 0.775. The first-order chi connectivity index (χ1) is 6.77. The second kappa shape index (κ2) is 3.62. The van der Waals surface area contributed by atoms with E-state index in [-0.39, 0.29) is 0 Å². The Bertz CT molecular complexity index is 335. The molecule has 0 bridgehead atoms.